The molecule has 2 rings (SSSR count). The molecule has 7 nitrogen and oxygen atoms in total. The molecule has 0 aromatic carbocycles. The van der Waals surface area contributed by atoms with Crippen LogP contribution in [0.5, 0.6) is 0 Å². The summed E-state index contributed by atoms with van der Waals surface area (Å²) in [5, 5.41) is 23.1. The van der Waals surface area contributed by atoms with Crippen LogP contribution in [0, 0.1) is 10.4 Å². The highest BCUT2D eigenvalue weighted by Crippen LogP contribution is 2.21. The summed E-state index contributed by atoms with van der Waals surface area (Å²) in [6.45, 7) is 0. The van der Waals surface area contributed by atoms with Crippen molar-refractivity contribution in [3.8, 4) is 0 Å². The number of fused-ring (bicyclic) bond motifs is 1. The van der Waals surface area contributed by atoms with Crippen LogP contribution in [0.2, 0.25) is 0 Å². The van der Waals surface area contributed by atoms with Crippen LogP contribution in [-0.2, 0) is 4.84 Å². The van der Waals surface area contributed by atoms with E-state index >= 15 is 0 Å². The highest BCUT2D eigenvalue weighted by atomic mass is 35.5. The molecule has 2 aliphatic rings. The number of halogens is 1. The number of nitrogens with one attached hydrogen (secondary N) is 3. The number of quaternary nitrogens is 2. The van der Waals surface area contributed by atoms with Gasteiger partial charge in [0.05, 0.1) is 0 Å². The third-order valence-electron chi connectivity index (χ3n) is 3.16. The molecule has 1 saturated carbocycles. The molecule has 6 atom stereocenters. The van der Waals surface area contributed by atoms with Crippen LogP contribution in [0.4, 0.5) is 0 Å². The normalized spacial score (nSPS) is 51.2. The molecular weight excluding hydrogens is 224 g/mol. The fourth-order valence-electron chi connectivity index (χ4n) is 2.35. The summed E-state index contributed by atoms with van der Waals surface area (Å²) in [7, 11) is 0. The zero-order valence-electron chi connectivity index (χ0n) is 8.11. The van der Waals surface area contributed by atoms with Crippen molar-refractivity contribution in [2.75, 3.05) is 0 Å². The van der Waals surface area contributed by atoms with Crippen LogP contribution in [-0.4, -0.2) is 23.8 Å². The molecule has 0 aromatic heterocycles. The summed E-state index contributed by atoms with van der Waals surface area (Å²) in [5.41, 5.74) is 2.44. The van der Waals surface area contributed by atoms with Gasteiger partial charge < -0.3 is 15.5 Å². The number of hydrogen-bond acceptors (Lipinski definition) is 5. The average Bonchev–Trinajstić information content (AvgIpc) is 2.23. The van der Waals surface area contributed by atoms with Crippen molar-refractivity contribution in [3.63, 3.8) is 0 Å². The minimum atomic E-state index is -0.981. The third kappa shape index (κ3) is 2.10. The molecule has 1 saturated heterocycles. The molecule has 1 aliphatic heterocycles. The summed E-state index contributed by atoms with van der Waals surface area (Å²) in [6, 6.07) is -0.581. The monoisotopic (exact) mass is 238 g/mol. The molecule has 1 heterocycles. The molecular formula is C7H15ClN4O3. The van der Waals surface area contributed by atoms with Crippen molar-refractivity contribution < 1.29 is 15.1 Å². The van der Waals surface area contributed by atoms with E-state index in [1.807, 2.05) is 0 Å². The maximum atomic E-state index is 11.8. The van der Waals surface area contributed by atoms with Crippen molar-refractivity contribution in [2.45, 2.75) is 43.1 Å². The number of alkyl halides is 1. The van der Waals surface area contributed by atoms with E-state index in [-0.39, 0.29) is 27.7 Å². The van der Waals surface area contributed by atoms with Gasteiger partial charge in [-0.15, -0.1) is 11.6 Å². The van der Waals surface area contributed by atoms with E-state index in [0.717, 1.165) is 6.42 Å². The Kier molecular flexibility index (Phi) is 3.43. The van der Waals surface area contributed by atoms with E-state index in [0.29, 0.717) is 12.8 Å². The molecule has 6 unspecified atom stereocenters. The van der Waals surface area contributed by atoms with Crippen molar-refractivity contribution in [1.29, 1.82) is 0 Å². The first-order valence-electron chi connectivity index (χ1n) is 4.97. The minimum Gasteiger partial charge on any atom is -0.631 e. The lowest BCUT2D eigenvalue weighted by Gasteiger charge is -2.50. The Morgan fingerprint density at radius 2 is 2.07 bits per heavy atom. The molecule has 5 N–H and O–H groups in total. The maximum Gasteiger partial charge on any atom is 0.309 e. The Morgan fingerprint density at radius 1 is 1.33 bits per heavy atom. The van der Waals surface area contributed by atoms with Crippen molar-refractivity contribution in [2.24, 2.45) is 5.90 Å². The zero-order chi connectivity index (χ0) is 11.0. The molecule has 2 fully saturated rings. The van der Waals surface area contributed by atoms with E-state index in [9.17, 15) is 10.4 Å². The van der Waals surface area contributed by atoms with E-state index < -0.39 is 6.35 Å². The molecule has 88 valence electrons. The second-order valence-corrected chi connectivity index (χ2v) is 4.67. The standard InChI is InChI=1S/C7H15ClN4O3/c8-4-1-2-5-6(3-4)12(14)10-7(15-9)11(5)13/h4-7,10-12H,1-3,9H2. The van der Waals surface area contributed by atoms with E-state index in [2.05, 4.69) is 10.3 Å². The fourth-order valence-corrected chi connectivity index (χ4v) is 2.67. The number of rotatable bonds is 1. The van der Waals surface area contributed by atoms with Crippen LogP contribution in [0.3, 0.4) is 0 Å². The second-order valence-electron chi connectivity index (χ2n) is 4.05. The third-order valence-corrected chi connectivity index (χ3v) is 3.55. The fraction of sp³-hybridized carbons (Fsp3) is 1.00. The lowest BCUT2D eigenvalue weighted by Crippen LogP contribution is -3.37. The Balaban J connectivity index is 2.09. The first-order valence-corrected chi connectivity index (χ1v) is 5.41. The summed E-state index contributed by atoms with van der Waals surface area (Å²) in [4.78, 5) is 4.44. The average molecular weight is 239 g/mol. The maximum absolute atomic E-state index is 11.8. The van der Waals surface area contributed by atoms with Gasteiger partial charge in [0.2, 0.25) is 0 Å². The predicted molar refractivity (Wildman–Crippen MR) is 51.9 cm³/mol. The largest absolute Gasteiger partial charge is 0.631 e. The summed E-state index contributed by atoms with van der Waals surface area (Å²) >= 11 is 5.97. The molecule has 8 heteroatoms. The second kappa shape index (κ2) is 4.48. The van der Waals surface area contributed by atoms with Gasteiger partial charge in [-0.3, -0.25) is 5.17 Å². The predicted octanol–water partition coefficient (Wildman–Crippen LogP) is -3.03. The van der Waals surface area contributed by atoms with Gasteiger partial charge in [-0.2, -0.15) is 0 Å². The number of nitrogens with two attached hydrogens (primary N) is 1. The molecule has 0 spiro atoms. The first kappa shape index (κ1) is 11.5. The molecule has 0 amide bonds. The molecule has 1 aliphatic carbocycles. The topological polar surface area (TPSA) is 102 Å². The van der Waals surface area contributed by atoms with Crippen LogP contribution in [0.25, 0.3) is 0 Å². The van der Waals surface area contributed by atoms with Crippen molar-refractivity contribution >= 4 is 11.6 Å². The first-order chi connectivity index (χ1) is 7.13. The van der Waals surface area contributed by atoms with Crippen LogP contribution in [0.15, 0.2) is 0 Å². The van der Waals surface area contributed by atoms with Crippen molar-refractivity contribution in [1.82, 2.24) is 5.43 Å². The molecule has 0 bridgehead atoms. The van der Waals surface area contributed by atoms with Gasteiger partial charge >= 0.3 is 6.35 Å². The molecule has 15 heavy (non-hydrogen) atoms. The SMILES string of the molecule is NOC1N[NH+]([O-])C2CC(Cl)CCC2[NH+]1[O-]. The molecule has 0 aromatic rings. The van der Waals surface area contributed by atoms with Gasteiger partial charge in [-0.25, -0.2) is 10.7 Å². The van der Waals surface area contributed by atoms with Gasteiger partial charge in [0.1, 0.15) is 6.04 Å². The van der Waals surface area contributed by atoms with E-state index in [1.165, 1.54) is 0 Å². The Hall–Kier alpha value is 0.01000. The highest BCUT2D eigenvalue weighted by molar-refractivity contribution is 6.20. The minimum absolute atomic E-state index is 0.0138. The van der Waals surface area contributed by atoms with Gasteiger partial charge in [0.15, 0.2) is 6.04 Å². The number of hydrogen-bond donors (Lipinski definition) is 4. The van der Waals surface area contributed by atoms with Gasteiger partial charge in [0.25, 0.3) is 0 Å². The van der Waals surface area contributed by atoms with Gasteiger partial charge in [0, 0.05) is 18.2 Å². The smallest absolute Gasteiger partial charge is 0.309 e. The van der Waals surface area contributed by atoms with Crippen LogP contribution < -0.4 is 21.6 Å². The lowest BCUT2D eigenvalue weighted by atomic mass is 9.89. The Bertz CT molecular complexity index is 234. The summed E-state index contributed by atoms with van der Waals surface area (Å²) in [5.74, 6) is 4.94. The number of hydroxylamine groups is 3. The highest BCUT2D eigenvalue weighted by Gasteiger charge is 2.46. The van der Waals surface area contributed by atoms with Gasteiger partial charge in [-0.1, -0.05) is 5.43 Å². The zero-order valence-corrected chi connectivity index (χ0v) is 8.87. The van der Waals surface area contributed by atoms with E-state index in [1.54, 1.807) is 0 Å². The quantitative estimate of drug-likeness (QED) is 0.221. The van der Waals surface area contributed by atoms with Crippen molar-refractivity contribution in [3.05, 3.63) is 10.4 Å². The van der Waals surface area contributed by atoms with Gasteiger partial charge in [-0.05, 0) is 6.42 Å². The molecule has 0 radical (unpaired) electrons. The summed E-state index contributed by atoms with van der Waals surface area (Å²) in [6.07, 6.45) is 0.982. The lowest BCUT2D eigenvalue weighted by molar-refractivity contribution is -1.07. The summed E-state index contributed by atoms with van der Waals surface area (Å²) < 4.78 is 0. The Morgan fingerprint density at radius 3 is 2.73 bits per heavy atom. The Labute approximate surface area is 92.2 Å². The van der Waals surface area contributed by atoms with Crippen LogP contribution >= 0.6 is 11.6 Å². The van der Waals surface area contributed by atoms with Crippen LogP contribution in [0.1, 0.15) is 19.3 Å². The van der Waals surface area contributed by atoms with E-state index in [4.69, 9.17) is 17.5 Å².